The van der Waals surface area contributed by atoms with Crippen molar-refractivity contribution in [2.24, 2.45) is 0 Å². The van der Waals surface area contributed by atoms with Crippen LogP contribution in [0.4, 0.5) is 11.5 Å². The molecule has 1 aromatic heterocycles. The normalized spacial score (nSPS) is 20.1. The molecule has 1 aliphatic rings. The summed E-state index contributed by atoms with van der Waals surface area (Å²) >= 11 is 0. The molecular weight excluding hydrogens is 273 g/mol. The lowest BCUT2D eigenvalue weighted by Gasteiger charge is -2.32. The Morgan fingerprint density at radius 1 is 1.33 bits per heavy atom. The third kappa shape index (κ3) is 3.06. The number of hydrogen-bond acceptors (Lipinski definition) is 6. The van der Waals surface area contributed by atoms with Gasteiger partial charge in [0.15, 0.2) is 0 Å². The molecule has 0 bridgehead atoms. The van der Waals surface area contributed by atoms with Gasteiger partial charge in [-0.25, -0.2) is 4.98 Å². The first-order valence-corrected chi connectivity index (χ1v) is 6.56. The van der Waals surface area contributed by atoms with Crippen molar-refractivity contribution >= 4 is 24.7 Å². The van der Waals surface area contributed by atoms with Gasteiger partial charge in [-0.05, 0) is 33.3 Å². The van der Waals surface area contributed by atoms with Crippen molar-refractivity contribution < 1.29 is 14.2 Å². The van der Waals surface area contributed by atoms with E-state index in [1.54, 1.807) is 12.1 Å². The van der Waals surface area contributed by atoms with Gasteiger partial charge in [0.2, 0.25) is 5.82 Å². The topological polar surface area (TPSA) is 101 Å². The highest BCUT2D eigenvalue weighted by Crippen LogP contribution is 2.37. The van der Waals surface area contributed by atoms with E-state index in [0.717, 1.165) is 0 Å². The number of aromatic nitrogens is 1. The van der Waals surface area contributed by atoms with E-state index in [4.69, 9.17) is 15.0 Å². The van der Waals surface area contributed by atoms with Gasteiger partial charge in [-0.15, -0.1) is 0 Å². The lowest BCUT2D eigenvalue weighted by atomic mass is 9.89. The zero-order chi connectivity index (χ0) is 15.8. The predicted molar refractivity (Wildman–Crippen MR) is 80.4 cm³/mol. The van der Waals surface area contributed by atoms with Gasteiger partial charge in [-0.3, -0.25) is 10.1 Å². The van der Waals surface area contributed by atoms with E-state index in [1.807, 2.05) is 27.7 Å². The third-order valence-corrected chi connectivity index (χ3v) is 3.83. The molecule has 1 aromatic rings. The Kier molecular flexibility index (Phi) is 3.77. The largest absolute Gasteiger partial charge is 0.487 e. The molecular formula is C13H18BN3O4. The van der Waals surface area contributed by atoms with E-state index in [0.29, 0.717) is 5.56 Å². The van der Waals surface area contributed by atoms with Gasteiger partial charge in [-0.2, -0.15) is 0 Å². The second-order valence-corrected chi connectivity index (χ2v) is 5.91. The van der Waals surface area contributed by atoms with Crippen LogP contribution < -0.4 is 5.73 Å². The molecule has 1 fully saturated rings. The smallest absolute Gasteiger partial charge is 0.400 e. The van der Waals surface area contributed by atoms with Crippen LogP contribution in [-0.2, 0) is 9.31 Å². The van der Waals surface area contributed by atoms with Crippen LogP contribution in [-0.4, -0.2) is 28.2 Å². The monoisotopic (exact) mass is 291 g/mol. The second kappa shape index (κ2) is 5.12. The molecule has 1 aliphatic heterocycles. The van der Waals surface area contributed by atoms with Crippen LogP contribution in [0, 0.1) is 10.1 Å². The number of nitrogen functional groups attached to an aromatic ring is 1. The number of pyridine rings is 1. The molecule has 2 rings (SSSR count). The van der Waals surface area contributed by atoms with Crippen LogP contribution in [0.1, 0.15) is 33.3 Å². The van der Waals surface area contributed by atoms with E-state index >= 15 is 0 Å². The molecule has 0 radical (unpaired) electrons. The van der Waals surface area contributed by atoms with Gasteiger partial charge in [0.05, 0.1) is 16.1 Å². The van der Waals surface area contributed by atoms with Crippen LogP contribution in [0.15, 0.2) is 18.2 Å². The van der Waals surface area contributed by atoms with Gasteiger partial charge in [0.1, 0.15) is 0 Å². The fourth-order valence-corrected chi connectivity index (χ4v) is 1.87. The lowest BCUT2D eigenvalue weighted by Crippen LogP contribution is -2.41. The SMILES string of the molecule is CC1(C)OB(/C=C/c2cnc(N)c([N+](=O)[O-])c2)OC1(C)C. The van der Waals surface area contributed by atoms with Crippen LogP contribution >= 0.6 is 0 Å². The summed E-state index contributed by atoms with van der Waals surface area (Å²) in [5.74, 6) is 1.60. The molecule has 0 amide bonds. The van der Waals surface area contributed by atoms with Crippen molar-refractivity contribution in [2.75, 3.05) is 5.73 Å². The molecule has 0 unspecified atom stereocenters. The van der Waals surface area contributed by atoms with Crippen molar-refractivity contribution in [3.8, 4) is 0 Å². The number of nitrogens with two attached hydrogens (primary N) is 1. The Bertz CT molecular complexity index is 585. The average Bonchev–Trinajstić information content (AvgIpc) is 2.56. The Balaban J connectivity index is 2.16. The van der Waals surface area contributed by atoms with E-state index in [1.165, 1.54) is 12.3 Å². The quantitative estimate of drug-likeness (QED) is 0.520. The summed E-state index contributed by atoms with van der Waals surface area (Å²) in [7, 11) is -0.508. The molecule has 1 saturated heterocycles. The summed E-state index contributed by atoms with van der Waals surface area (Å²) in [5, 5.41) is 10.8. The maximum Gasteiger partial charge on any atom is 0.487 e. The highest BCUT2D eigenvalue weighted by Gasteiger charge is 2.49. The van der Waals surface area contributed by atoms with Crippen molar-refractivity contribution in [3.63, 3.8) is 0 Å². The van der Waals surface area contributed by atoms with Gasteiger partial charge >= 0.3 is 12.8 Å². The first-order valence-electron chi connectivity index (χ1n) is 6.56. The van der Waals surface area contributed by atoms with Crippen LogP contribution in [0.3, 0.4) is 0 Å². The molecule has 2 N–H and O–H groups in total. The molecule has 0 spiro atoms. The molecule has 0 atom stereocenters. The number of nitro groups is 1. The minimum atomic E-state index is -0.561. The summed E-state index contributed by atoms with van der Waals surface area (Å²) in [6.07, 6.45) is 3.13. The number of rotatable bonds is 3. The van der Waals surface area contributed by atoms with E-state index in [9.17, 15) is 10.1 Å². The Morgan fingerprint density at radius 3 is 2.43 bits per heavy atom. The molecule has 0 saturated carbocycles. The maximum absolute atomic E-state index is 10.8. The van der Waals surface area contributed by atoms with Gasteiger partial charge < -0.3 is 15.0 Å². The Morgan fingerprint density at radius 2 is 1.90 bits per heavy atom. The van der Waals surface area contributed by atoms with Gasteiger partial charge in [0.25, 0.3) is 0 Å². The summed E-state index contributed by atoms with van der Waals surface area (Å²) in [6, 6.07) is 1.37. The van der Waals surface area contributed by atoms with Crippen LogP contribution in [0.25, 0.3) is 6.08 Å². The number of nitrogens with zero attached hydrogens (tertiary/aromatic N) is 2. The lowest BCUT2D eigenvalue weighted by molar-refractivity contribution is -0.384. The Labute approximate surface area is 123 Å². The molecule has 21 heavy (non-hydrogen) atoms. The summed E-state index contributed by atoms with van der Waals surface area (Å²) in [5.41, 5.74) is 4.95. The summed E-state index contributed by atoms with van der Waals surface area (Å²) < 4.78 is 11.6. The first kappa shape index (κ1) is 15.5. The minimum absolute atomic E-state index is 0.104. The maximum atomic E-state index is 10.8. The predicted octanol–water partition coefficient (Wildman–Crippen LogP) is 2.22. The summed E-state index contributed by atoms with van der Waals surface area (Å²) in [4.78, 5) is 14.1. The van der Waals surface area contributed by atoms with Gasteiger partial charge in [0, 0.05) is 12.3 Å². The summed E-state index contributed by atoms with van der Waals surface area (Å²) in [6.45, 7) is 7.82. The molecule has 0 aliphatic carbocycles. The first-order chi connectivity index (χ1) is 9.62. The molecule has 8 heteroatoms. The fraction of sp³-hybridized carbons (Fsp3) is 0.462. The molecule has 2 heterocycles. The third-order valence-electron chi connectivity index (χ3n) is 3.83. The van der Waals surface area contributed by atoms with Crippen molar-refractivity contribution in [1.82, 2.24) is 4.98 Å². The molecule has 7 nitrogen and oxygen atoms in total. The zero-order valence-corrected chi connectivity index (χ0v) is 12.5. The molecule has 0 aromatic carbocycles. The van der Waals surface area contributed by atoms with Crippen LogP contribution in [0.5, 0.6) is 0 Å². The van der Waals surface area contributed by atoms with E-state index < -0.39 is 23.2 Å². The highest BCUT2D eigenvalue weighted by atomic mass is 16.7. The van der Waals surface area contributed by atoms with Crippen molar-refractivity contribution in [1.29, 1.82) is 0 Å². The van der Waals surface area contributed by atoms with Gasteiger partial charge in [-0.1, -0.05) is 12.1 Å². The average molecular weight is 291 g/mol. The minimum Gasteiger partial charge on any atom is -0.400 e. The Hall–Kier alpha value is -1.93. The number of anilines is 1. The second-order valence-electron chi connectivity index (χ2n) is 5.91. The highest BCUT2D eigenvalue weighted by molar-refractivity contribution is 6.52. The van der Waals surface area contributed by atoms with Crippen molar-refractivity contribution in [2.45, 2.75) is 38.9 Å². The number of hydrogen-bond donors (Lipinski definition) is 1. The fourth-order valence-electron chi connectivity index (χ4n) is 1.87. The van der Waals surface area contributed by atoms with E-state index in [-0.39, 0.29) is 11.5 Å². The standard InChI is InChI=1S/C13H18BN3O4/c1-12(2)13(3,4)21-14(20-12)6-5-9-7-10(17(18)19)11(15)16-8-9/h5-8H,1-4H3,(H2,15,16)/b6-5+. The zero-order valence-electron chi connectivity index (χ0n) is 12.5. The van der Waals surface area contributed by atoms with Crippen LogP contribution in [0.2, 0.25) is 0 Å². The van der Waals surface area contributed by atoms with Crippen molar-refractivity contribution in [3.05, 3.63) is 33.9 Å². The molecule has 112 valence electrons. The van der Waals surface area contributed by atoms with E-state index in [2.05, 4.69) is 4.98 Å².